The smallest absolute Gasteiger partial charge is 0.253 e. The Morgan fingerprint density at radius 2 is 1.75 bits per heavy atom. The normalized spacial score (nSPS) is 20.5. The van der Waals surface area contributed by atoms with Crippen LogP contribution in [0, 0.1) is 5.41 Å². The molecule has 2 saturated heterocycles. The Morgan fingerprint density at radius 3 is 2.36 bits per heavy atom. The van der Waals surface area contributed by atoms with Crippen molar-refractivity contribution in [1.29, 1.82) is 0 Å². The molecule has 2 amide bonds. The van der Waals surface area contributed by atoms with Gasteiger partial charge in [-0.3, -0.25) is 14.5 Å². The van der Waals surface area contributed by atoms with Gasteiger partial charge in [0.1, 0.15) is 0 Å². The highest BCUT2D eigenvalue weighted by molar-refractivity contribution is 5.94. The quantitative estimate of drug-likeness (QED) is 0.798. The number of carbonyl (C=O) groups excluding carboxylic acids is 2. The maximum absolute atomic E-state index is 12.8. The first kappa shape index (κ1) is 22.7. The first-order valence-corrected chi connectivity index (χ1v) is 9.96. The summed E-state index contributed by atoms with van der Waals surface area (Å²) in [5.74, 6) is 0.136. The third-order valence-electron chi connectivity index (χ3n) is 5.45. The SMILES string of the molecule is CC(C)(C)C(=O)NCc1ccc(C(=O)N2CCC(N3CCNCC3)C2)cc1.Cl. The number of hydrogen-bond acceptors (Lipinski definition) is 4. The van der Waals surface area contributed by atoms with Crippen molar-refractivity contribution in [2.45, 2.75) is 39.8 Å². The van der Waals surface area contributed by atoms with Crippen molar-refractivity contribution in [2.24, 2.45) is 5.41 Å². The standard InChI is InChI=1S/C21H32N4O2.ClH/c1-21(2,3)20(27)23-14-16-4-6-17(7-5-16)19(26)25-11-8-18(15-25)24-12-9-22-10-13-24;/h4-7,18,22H,8-15H2,1-3H3,(H,23,27);1H. The van der Waals surface area contributed by atoms with E-state index in [1.807, 2.05) is 49.9 Å². The van der Waals surface area contributed by atoms with E-state index >= 15 is 0 Å². The molecule has 1 atom stereocenters. The van der Waals surface area contributed by atoms with Gasteiger partial charge in [0.2, 0.25) is 5.91 Å². The molecule has 0 spiro atoms. The Kier molecular flexibility index (Phi) is 7.87. The summed E-state index contributed by atoms with van der Waals surface area (Å²) in [7, 11) is 0. The number of nitrogens with zero attached hydrogens (tertiary/aromatic N) is 2. The fourth-order valence-corrected chi connectivity index (χ4v) is 3.67. The summed E-state index contributed by atoms with van der Waals surface area (Å²) in [5.41, 5.74) is 1.33. The van der Waals surface area contributed by atoms with Crippen LogP contribution in [0.25, 0.3) is 0 Å². The molecule has 2 aliphatic rings. The summed E-state index contributed by atoms with van der Waals surface area (Å²) in [5, 5.41) is 6.32. The van der Waals surface area contributed by atoms with Crippen LogP contribution in [0.5, 0.6) is 0 Å². The number of hydrogen-bond donors (Lipinski definition) is 2. The van der Waals surface area contributed by atoms with Crippen LogP contribution in [-0.4, -0.2) is 66.9 Å². The Bertz CT molecular complexity index is 666. The minimum atomic E-state index is -0.396. The highest BCUT2D eigenvalue weighted by atomic mass is 35.5. The molecular weight excluding hydrogens is 376 g/mol. The molecule has 2 heterocycles. The number of carbonyl (C=O) groups is 2. The van der Waals surface area contributed by atoms with Crippen LogP contribution in [0.3, 0.4) is 0 Å². The van der Waals surface area contributed by atoms with Crippen LogP contribution >= 0.6 is 12.4 Å². The first-order chi connectivity index (χ1) is 12.8. The molecule has 7 heteroatoms. The summed E-state index contributed by atoms with van der Waals surface area (Å²) in [6, 6.07) is 8.10. The van der Waals surface area contributed by atoms with Crippen molar-refractivity contribution in [3.63, 3.8) is 0 Å². The van der Waals surface area contributed by atoms with Gasteiger partial charge in [-0.1, -0.05) is 32.9 Å². The molecule has 3 rings (SSSR count). The molecule has 0 saturated carbocycles. The monoisotopic (exact) mass is 408 g/mol. The Balaban J connectivity index is 0.00000280. The lowest BCUT2D eigenvalue weighted by Gasteiger charge is -2.32. The van der Waals surface area contributed by atoms with Gasteiger partial charge < -0.3 is 15.5 Å². The molecule has 1 aromatic rings. The van der Waals surface area contributed by atoms with Crippen LogP contribution in [0.2, 0.25) is 0 Å². The Morgan fingerprint density at radius 1 is 1.11 bits per heavy atom. The van der Waals surface area contributed by atoms with E-state index in [2.05, 4.69) is 15.5 Å². The van der Waals surface area contributed by atoms with Crippen molar-refractivity contribution in [1.82, 2.24) is 20.4 Å². The minimum Gasteiger partial charge on any atom is -0.352 e. The average Bonchev–Trinajstić information content (AvgIpc) is 3.16. The summed E-state index contributed by atoms with van der Waals surface area (Å²) in [6.07, 6.45) is 1.06. The van der Waals surface area contributed by atoms with Crippen molar-refractivity contribution in [3.8, 4) is 0 Å². The third kappa shape index (κ3) is 5.69. The van der Waals surface area contributed by atoms with Crippen LogP contribution < -0.4 is 10.6 Å². The fraction of sp³-hybridized carbons (Fsp3) is 0.619. The maximum atomic E-state index is 12.8. The molecule has 0 radical (unpaired) electrons. The molecule has 1 unspecified atom stereocenters. The molecule has 1 aromatic carbocycles. The minimum absolute atomic E-state index is 0. The number of rotatable bonds is 4. The molecule has 2 N–H and O–H groups in total. The predicted octanol–water partition coefficient (Wildman–Crippen LogP) is 1.89. The zero-order valence-electron chi connectivity index (χ0n) is 17.2. The molecule has 2 aliphatic heterocycles. The lowest BCUT2D eigenvalue weighted by molar-refractivity contribution is -0.128. The highest BCUT2D eigenvalue weighted by Crippen LogP contribution is 2.19. The number of halogens is 1. The van der Waals surface area contributed by atoms with Gasteiger partial charge in [-0.2, -0.15) is 0 Å². The predicted molar refractivity (Wildman–Crippen MR) is 114 cm³/mol. The second-order valence-electron chi connectivity index (χ2n) is 8.61. The molecule has 28 heavy (non-hydrogen) atoms. The van der Waals surface area contributed by atoms with Gasteiger partial charge in [0, 0.05) is 62.8 Å². The van der Waals surface area contributed by atoms with E-state index in [0.717, 1.165) is 56.8 Å². The zero-order valence-corrected chi connectivity index (χ0v) is 18.0. The molecule has 0 aliphatic carbocycles. The van der Waals surface area contributed by atoms with Gasteiger partial charge in [0.15, 0.2) is 0 Å². The van der Waals surface area contributed by atoms with Crippen LogP contribution in [-0.2, 0) is 11.3 Å². The van der Waals surface area contributed by atoms with Gasteiger partial charge in [-0.25, -0.2) is 0 Å². The average molecular weight is 409 g/mol. The summed E-state index contributed by atoms with van der Waals surface area (Å²) >= 11 is 0. The van der Waals surface area contributed by atoms with E-state index in [0.29, 0.717) is 12.6 Å². The lowest BCUT2D eigenvalue weighted by atomic mass is 9.95. The summed E-state index contributed by atoms with van der Waals surface area (Å²) in [4.78, 5) is 29.3. The van der Waals surface area contributed by atoms with Gasteiger partial charge >= 0.3 is 0 Å². The van der Waals surface area contributed by atoms with Crippen LogP contribution in [0.1, 0.15) is 43.1 Å². The van der Waals surface area contributed by atoms with Gasteiger partial charge in [-0.15, -0.1) is 12.4 Å². The molecule has 0 aromatic heterocycles. The maximum Gasteiger partial charge on any atom is 0.253 e. The third-order valence-corrected chi connectivity index (χ3v) is 5.45. The number of likely N-dealkylation sites (tertiary alicyclic amines) is 1. The molecule has 156 valence electrons. The van der Waals surface area contributed by atoms with Gasteiger partial charge in [0.25, 0.3) is 5.91 Å². The number of benzene rings is 1. The van der Waals surface area contributed by atoms with Crippen LogP contribution in [0.15, 0.2) is 24.3 Å². The van der Waals surface area contributed by atoms with E-state index in [4.69, 9.17) is 0 Å². The zero-order chi connectivity index (χ0) is 19.4. The van der Waals surface area contributed by atoms with Crippen molar-refractivity contribution < 1.29 is 9.59 Å². The van der Waals surface area contributed by atoms with E-state index in [1.54, 1.807) is 0 Å². The van der Waals surface area contributed by atoms with E-state index in [-0.39, 0.29) is 24.2 Å². The largest absolute Gasteiger partial charge is 0.352 e. The topological polar surface area (TPSA) is 64.7 Å². The molecule has 2 fully saturated rings. The first-order valence-electron chi connectivity index (χ1n) is 9.96. The van der Waals surface area contributed by atoms with E-state index in [9.17, 15) is 9.59 Å². The second kappa shape index (κ2) is 9.72. The molecular formula is C21H33ClN4O2. The van der Waals surface area contributed by atoms with E-state index in [1.165, 1.54) is 0 Å². The number of amides is 2. The summed E-state index contributed by atoms with van der Waals surface area (Å²) in [6.45, 7) is 12.0. The van der Waals surface area contributed by atoms with Crippen molar-refractivity contribution in [3.05, 3.63) is 35.4 Å². The summed E-state index contributed by atoms with van der Waals surface area (Å²) < 4.78 is 0. The Labute approximate surface area is 174 Å². The molecule has 0 bridgehead atoms. The fourth-order valence-electron chi connectivity index (χ4n) is 3.67. The van der Waals surface area contributed by atoms with Gasteiger partial charge in [0.05, 0.1) is 0 Å². The highest BCUT2D eigenvalue weighted by Gasteiger charge is 2.31. The van der Waals surface area contributed by atoms with E-state index < -0.39 is 5.41 Å². The van der Waals surface area contributed by atoms with Crippen molar-refractivity contribution >= 4 is 24.2 Å². The Hall–Kier alpha value is -1.63. The number of piperazine rings is 1. The second-order valence-corrected chi connectivity index (χ2v) is 8.61. The molecule has 6 nitrogen and oxygen atoms in total. The lowest BCUT2D eigenvalue weighted by Crippen LogP contribution is -2.49. The van der Waals surface area contributed by atoms with Gasteiger partial charge in [-0.05, 0) is 24.1 Å². The van der Waals surface area contributed by atoms with Crippen LogP contribution in [0.4, 0.5) is 0 Å². The number of nitrogens with one attached hydrogen (secondary N) is 2. The van der Waals surface area contributed by atoms with Crippen molar-refractivity contribution in [2.75, 3.05) is 39.3 Å².